The minimum absolute atomic E-state index is 0.0853. The predicted molar refractivity (Wildman–Crippen MR) is 81.7 cm³/mol. The van der Waals surface area contributed by atoms with Gasteiger partial charge in [-0.3, -0.25) is 9.59 Å². The Labute approximate surface area is 134 Å². The highest BCUT2D eigenvalue weighted by Crippen LogP contribution is 2.25. The summed E-state index contributed by atoms with van der Waals surface area (Å²) in [5, 5.41) is 13.9. The number of furan rings is 1. The number of carboxylic acids is 1. The van der Waals surface area contributed by atoms with Crippen molar-refractivity contribution >= 4 is 17.8 Å². The number of aromatic carboxylic acids is 1. The Bertz CT molecular complexity index is 561. The molecule has 0 radical (unpaired) electrons. The third-order valence-electron chi connectivity index (χ3n) is 3.98. The smallest absolute Gasteiger partial charge is 0.371 e. The van der Waals surface area contributed by atoms with E-state index in [0.717, 1.165) is 12.8 Å². The highest BCUT2D eigenvalue weighted by molar-refractivity contribution is 5.85. The van der Waals surface area contributed by atoms with Gasteiger partial charge in [-0.1, -0.05) is 19.3 Å². The molecule has 2 rings (SSSR count). The molecule has 0 bridgehead atoms. The zero-order chi connectivity index (χ0) is 16.7. The lowest BCUT2D eigenvalue weighted by Gasteiger charge is -2.20. The van der Waals surface area contributed by atoms with E-state index in [2.05, 4.69) is 10.6 Å². The summed E-state index contributed by atoms with van der Waals surface area (Å²) in [6.07, 6.45) is 6.26. The first kappa shape index (κ1) is 17.1. The van der Waals surface area contributed by atoms with E-state index in [1.807, 2.05) is 0 Å². The van der Waals surface area contributed by atoms with Crippen LogP contribution in [0.1, 0.15) is 54.8 Å². The molecule has 1 fully saturated rings. The quantitative estimate of drug-likeness (QED) is 0.707. The van der Waals surface area contributed by atoms with Crippen molar-refractivity contribution in [2.45, 2.75) is 45.1 Å². The first-order chi connectivity index (χ1) is 11.0. The molecule has 7 nitrogen and oxygen atoms in total. The minimum atomic E-state index is -1.16. The average Bonchev–Trinajstić information content (AvgIpc) is 3.01. The van der Waals surface area contributed by atoms with Crippen LogP contribution in [-0.2, 0) is 16.1 Å². The number of carboxylic acid groups (broad SMARTS) is 1. The third-order valence-corrected chi connectivity index (χ3v) is 3.98. The van der Waals surface area contributed by atoms with Crippen LogP contribution in [0.4, 0.5) is 0 Å². The van der Waals surface area contributed by atoms with E-state index in [4.69, 9.17) is 9.52 Å². The van der Waals surface area contributed by atoms with Gasteiger partial charge in [-0.2, -0.15) is 0 Å². The molecule has 1 aromatic rings. The molecular formula is C16H22N2O5. The number of carbonyl (C=O) groups is 3. The molecule has 126 valence electrons. The topological polar surface area (TPSA) is 109 Å². The summed E-state index contributed by atoms with van der Waals surface area (Å²) in [7, 11) is 0. The van der Waals surface area contributed by atoms with E-state index < -0.39 is 5.97 Å². The number of hydrogen-bond donors (Lipinski definition) is 3. The number of rotatable bonds is 7. The van der Waals surface area contributed by atoms with Crippen LogP contribution >= 0.6 is 0 Å². The van der Waals surface area contributed by atoms with Crippen molar-refractivity contribution in [1.82, 2.24) is 10.6 Å². The summed E-state index contributed by atoms with van der Waals surface area (Å²) < 4.78 is 5.02. The van der Waals surface area contributed by atoms with Crippen molar-refractivity contribution in [3.05, 3.63) is 23.7 Å². The Hall–Kier alpha value is -2.31. The SMILES string of the molecule is O=C(CNC(=O)CC1CCCCC1)NCc1ccc(C(=O)O)o1. The van der Waals surface area contributed by atoms with Gasteiger partial charge in [0.2, 0.25) is 17.6 Å². The minimum Gasteiger partial charge on any atom is -0.475 e. The van der Waals surface area contributed by atoms with Crippen molar-refractivity contribution in [3.8, 4) is 0 Å². The second kappa shape index (κ2) is 8.36. The normalized spacial score (nSPS) is 15.1. The molecule has 0 aromatic carbocycles. The van der Waals surface area contributed by atoms with Crippen LogP contribution in [0.5, 0.6) is 0 Å². The molecule has 7 heteroatoms. The maximum Gasteiger partial charge on any atom is 0.371 e. The van der Waals surface area contributed by atoms with E-state index in [1.165, 1.54) is 31.4 Å². The van der Waals surface area contributed by atoms with Crippen LogP contribution in [0.15, 0.2) is 16.5 Å². The van der Waals surface area contributed by atoms with Gasteiger partial charge in [0.1, 0.15) is 5.76 Å². The highest BCUT2D eigenvalue weighted by Gasteiger charge is 2.17. The molecule has 1 aliphatic rings. The van der Waals surface area contributed by atoms with Crippen LogP contribution < -0.4 is 10.6 Å². The summed E-state index contributed by atoms with van der Waals surface area (Å²) >= 11 is 0. The van der Waals surface area contributed by atoms with E-state index in [0.29, 0.717) is 18.1 Å². The Morgan fingerprint density at radius 2 is 1.83 bits per heavy atom. The number of carbonyl (C=O) groups excluding carboxylic acids is 2. The number of hydrogen-bond acceptors (Lipinski definition) is 4. The molecule has 0 unspecified atom stereocenters. The predicted octanol–water partition coefficient (Wildman–Crippen LogP) is 1.68. The Balaban J connectivity index is 1.64. The number of amides is 2. The van der Waals surface area contributed by atoms with Crippen LogP contribution in [0, 0.1) is 5.92 Å². The lowest BCUT2D eigenvalue weighted by atomic mass is 9.87. The maximum atomic E-state index is 11.8. The van der Waals surface area contributed by atoms with Crippen LogP contribution in [0.25, 0.3) is 0 Å². The van der Waals surface area contributed by atoms with Gasteiger partial charge >= 0.3 is 5.97 Å². The molecule has 23 heavy (non-hydrogen) atoms. The van der Waals surface area contributed by atoms with Crippen LogP contribution in [0.3, 0.4) is 0 Å². The average molecular weight is 322 g/mol. The molecule has 1 saturated carbocycles. The molecule has 0 aliphatic heterocycles. The van der Waals surface area contributed by atoms with Gasteiger partial charge in [0.25, 0.3) is 0 Å². The zero-order valence-corrected chi connectivity index (χ0v) is 13.0. The van der Waals surface area contributed by atoms with E-state index in [1.54, 1.807) is 0 Å². The second-order valence-corrected chi connectivity index (χ2v) is 5.83. The summed E-state index contributed by atoms with van der Waals surface area (Å²) in [4.78, 5) is 34.1. The van der Waals surface area contributed by atoms with E-state index in [9.17, 15) is 14.4 Å². The van der Waals surface area contributed by atoms with Crippen molar-refractivity contribution < 1.29 is 23.9 Å². The lowest BCUT2D eigenvalue weighted by molar-refractivity contribution is -0.126. The summed E-state index contributed by atoms with van der Waals surface area (Å²) in [5.74, 6) is -0.977. The fourth-order valence-electron chi connectivity index (χ4n) is 2.74. The summed E-state index contributed by atoms with van der Waals surface area (Å²) in [6, 6.07) is 2.82. The zero-order valence-electron chi connectivity index (χ0n) is 13.0. The van der Waals surface area contributed by atoms with Gasteiger partial charge in [0, 0.05) is 6.42 Å². The van der Waals surface area contributed by atoms with Crippen molar-refractivity contribution in [1.29, 1.82) is 0 Å². The molecule has 2 amide bonds. The van der Waals surface area contributed by atoms with Gasteiger partial charge in [-0.15, -0.1) is 0 Å². The summed E-state index contributed by atoms with van der Waals surface area (Å²) in [5.41, 5.74) is 0. The van der Waals surface area contributed by atoms with Crippen molar-refractivity contribution in [3.63, 3.8) is 0 Å². The third kappa shape index (κ3) is 5.77. The van der Waals surface area contributed by atoms with E-state index in [-0.39, 0.29) is 30.7 Å². The number of nitrogens with one attached hydrogen (secondary N) is 2. The Morgan fingerprint density at radius 1 is 1.09 bits per heavy atom. The largest absolute Gasteiger partial charge is 0.475 e. The molecule has 0 spiro atoms. The monoisotopic (exact) mass is 322 g/mol. The Morgan fingerprint density at radius 3 is 2.48 bits per heavy atom. The molecule has 1 heterocycles. The van der Waals surface area contributed by atoms with Crippen LogP contribution in [-0.4, -0.2) is 29.4 Å². The van der Waals surface area contributed by atoms with E-state index >= 15 is 0 Å². The van der Waals surface area contributed by atoms with Gasteiger partial charge in [0.05, 0.1) is 13.1 Å². The van der Waals surface area contributed by atoms with Crippen LogP contribution in [0.2, 0.25) is 0 Å². The molecular weight excluding hydrogens is 300 g/mol. The molecule has 1 aliphatic carbocycles. The fourth-order valence-corrected chi connectivity index (χ4v) is 2.74. The second-order valence-electron chi connectivity index (χ2n) is 5.83. The summed E-state index contributed by atoms with van der Waals surface area (Å²) in [6.45, 7) is 0.00264. The lowest BCUT2D eigenvalue weighted by Crippen LogP contribution is -2.37. The van der Waals surface area contributed by atoms with Gasteiger partial charge in [-0.05, 0) is 30.9 Å². The molecule has 0 saturated heterocycles. The maximum absolute atomic E-state index is 11.8. The fraction of sp³-hybridized carbons (Fsp3) is 0.562. The molecule has 0 atom stereocenters. The van der Waals surface area contributed by atoms with Crippen molar-refractivity contribution in [2.24, 2.45) is 5.92 Å². The Kier molecular flexibility index (Phi) is 6.19. The first-order valence-corrected chi connectivity index (χ1v) is 7.90. The van der Waals surface area contributed by atoms with Gasteiger partial charge in [-0.25, -0.2) is 4.79 Å². The highest BCUT2D eigenvalue weighted by atomic mass is 16.4. The van der Waals surface area contributed by atoms with Gasteiger partial charge < -0.3 is 20.2 Å². The molecule has 3 N–H and O–H groups in total. The first-order valence-electron chi connectivity index (χ1n) is 7.90. The molecule has 1 aromatic heterocycles. The van der Waals surface area contributed by atoms with Crippen molar-refractivity contribution in [2.75, 3.05) is 6.54 Å². The van der Waals surface area contributed by atoms with Gasteiger partial charge in [0.15, 0.2) is 0 Å². The standard InChI is InChI=1S/C16H22N2O5/c19-14(8-11-4-2-1-3-5-11)18-10-15(20)17-9-12-6-7-13(23-12)16(21)22/h6-7,11H,1-5,8-10H2,(H,17,20)(H,18,19)(H,21,22).